The molecule has 9 heteroatoms. The minimum Gasteiger partial charge on any atom is -0.306 e. The van der Waals surface area contributed by atoms with E-state index in [4.69, 9.17) is 0 Å². The minimum absolute atomic E-state index is 0. The van der Waals surface area contributed by atoms with E-state index in [1.165, 1.54) is 16.4 Å². The Kier molecular flexibility index (Phi) is 7.04. The van der Waals surface area contributed by atoms with E-state index in [1.54, 1.807) is 19.1 Å². The number of carbonyl (C=O) groups excluding carboxylic acids is 1. The number of anilines is 1. The average molecular weight is 420 g/mol. The number of nitrogens with zero attached hydrogens (tertiary/aromatic N) is 3. The summed E-state index contributed by atoms with van der Waals surface area (Å²) in [5.74, 6) is 0.474. The minimum atomic E-state index is -0.245. The summed E-state index contributed by atoms with van der Waals surface area (Å²) < 4.78 is 1.45. The second-order valence-electron chi connectivity index (χ2n) is 6.04. The van der Waals surface area contributed by atoms with Crippen LogP contribution in [0.3, 0.4) is 0 Å². The Morgan fingerprint density at radius 3 is 2.64 bits per heavy atom. The van der Waals surface area contributed by atoms with Crippen molar-refractivity contribution < 1.29 is 4.79 Å². The van der Waals surface area contributed by atoms with Gasteiger partial charge in [-0.15, -0.1) is 24.2 Å². The van der Waals surface area contributed by atoms with Crippen LogP contribution in [-0.4, -0.2) is 31.9 Å². The summed E-state index contributed by atoms with van der Waals surface area (Å²) in [6, 6.07) is 9.12. The summed E-state index contributed by atoms with van der Waals surface area (Å²) in [6.07, 6.45) is 2.52. The Balaban J connectivity index is 0.00000280. The summed E-state index contributed by atoms with van der Waals surface area (Å²) in [7, 11) is 0. The van der Waals surface area contributed by atoms with Gasteiger partial charge in [-0.1, -0.05) is 19.1 Å². The predicted molar refractivity (Wildman–Crippen MR) is 114 cm³/mol. The lowest BCUT2D eigenvalue weighted by Gasteiger charge is -2.11. The Hall–Kier alpha value is -2.58. The van der Waals surface area contributed by atoms with Gasteiger partial charge in [0.15, 0.2) is 0 Å². The number of aromatic amines is 1. The third-order valence-electron chi connectivity index (χ3n) is 4.19. The van der Waals surface area contributed by atoms with E-state index >= 15 is 0 Å². The van der Waals surface area contributed by atoms with Crippen molar-refractivity contribution in [2.24, 2.45) is 0 Å². The smallest absolute Gasteiger partial charge is 0.257 e. The van der Waals surface area contributed by atoms with Gasteiger partial charge in [0.1, 0.15) is 5.82 Å². The molecule has 7 nitrogen and oxygen atoms in total. The second-order valence-corrected chi connectivity index (χ2v) is 6.89. The Morgan fingerprint density at radius 2 is 2.00 bits per heavy atom. The van der Waals surface area contributed by atoms with Crippen molar-refractivity contribution in [1.82, 2.24) is 19.7 Å². The van der Waals surface area contributed by atoms with Crippen LogP contribution in [-0.2, 0) is 6.42 Å². The second kappa shape index (κ2) is 9.07. The molecule has 2 heterocycles. The highest BCUT2D eigenvalue weighted by molar-refractivity contribution is 7.98. The summed E-state index contributed by atoms with van der Waals surface area (Å²) in [5.41, 5.74) is 2.37. The Morgan fingerprint density at radius 1 is 1.29 bits per heavy atom. The molecule has 28 heavy (non-hydrogen) atoms. The van der Waals surface area contributed by atoms with Gasteiger partial charge >= 0.3 is 0 Å². The van der Waals surface area contributed by atoms with Crippen LogP contribution in [0, 0.1) is 13.8 Å². The van der Waals surface area contributed by atoms with Crippen molar-refractivity contribution in [1.29, 1.82) is 0 Å². The van der Waals surface area contributed by atoms with E-state index in [-0.39, 0.29) is 29.8 Å². The third kappa shape index (κ3) is 4.28. The van der Waals surface area contributed by atoms with E-state index in [1.807, 2.05) is 38.3 Å². The van der Waals surface area contributed by atoms with Crippen molar-refractivity contribution >= 4 is 35.9 Å². The molecule has 0 bridgehead atoms. The number of amides is 1. The number of benzene rings is 1. The number of nitrogens with one attached hydrogen (secondary N) is 2. The normalized spacial score (nSPS) is 10.4. The lowest BCUT2D eigenvalue weighted by molar-refractivity contribution is 0.102. The summed E-state index contributed by atoms with van der Waals surface area (Å²) >= 11 is 1.50. The van der Waals surface area contributed by atoms with E-state index in [9.17, 15) is 9.59 Å². The highest BCUT2D eigenvalue weighted by atomic mass is 35.5. The molecular formula is C19H22ClN5O2S. The van der Waals surface area contributed by atoms with Crippen LogP contribution in [0.1, 0.15) is 34.2 Å². The molecule has 1 amide bonds. The number of hydrogen-bond donors (Lipinski definition) is 2. The molecule has 0 fully saturated rings. The van der Waals surface area contributed by atoms with Gasteiger partial charge in [-0.25, -0.2) is 4.98 Å². The molecule has 0 aliphatic rings. The van der Waals surface area contributed by atoms with Crippen LogP contribution in [0.2, 0.25) is 0 Å². The summed E-state index contributed by atoms with van der Waals surface area (Å²) in [5, 5.41) is 7.25. The Bertz CT molecular complexity index is 1060. The first-order chi connectivity index (χ1) is 12.9. The van der Waals surface area contributed by atoms with Gasteiger partial charge in [0, 0.05) is 22.2 Å². The molecule has 0 aliphatic heterocycles. The van der Waals surface area contributed by atoms with Crippen molar-refractivity contribution in [3.8, 4) is 5.95 Å². The predicted octanol–water partition coefficient (Wildman–Crippen LogP) is 3.53. The molecule has 148 valence electrons. The zero-order chi connectivity index (χ0) is 19.6. The number of aryl methyl sites for hydroxylation is 2. The quantitative estimate of drug-likeness (QED) is 0.617. The van der Waals surface area contributed by atoms with E-state index in [0.29, 0.717) is 34.8 Å². The van der Waals surface area contributed by atoms with Gasteiger partial charge in [-0.05, 0) is 38.7 Å². The monoisotopic (exact) mass is 419 g/mol. The fourth-order valence-corrected chi connectivity index (χ4v) is 3.47. The molecular weight excluding hydrogens is 398 g/mol. The molecule has 0 saturated heterocycles. The first-order valence-electron chi connectivity index (χ1n) is 8.55. The van der Waals surface area contributed by atoms with Gasteiger partial charge < -0.3 is 5.32 Å². The molecule has 0 spiro atoms. The van der Waals surface area contributed by atoms with Crippen LogP contribution in [0.25, 0.3) is 5.95 Å². The lowest BCUT2D eigenvalue weighted by atomic mass is 10.2. The van der Waals surface area contributed by atoms with Crippen LogP contribution in [0.4, 0.5) is 5.82 Å². The zero-order valence-corrected chi connectivity index (χ0v) is 17.7. The number of hydrogen-bond acceptors (Lipinski definition) is 5. The highest BCUT2D eigenvalue weighted by Gasteiger charge is 2.17. The fourth-order valence-electron chi connectivity index (χ4n) is 2.88. The number of carbonyl (C=O) groups is 1. The molecule has 0 aliphatic carbocycles. The molecule has 0 saturated carbocycles. The maximum atomic E-state index is 12.8. The molecule has 3 rings (SSSR count). The highest BCUT2D eigenvalue weighted by Crippen LogP contribution is 2.22. The first-order valence-corrected chi connectivity index (χ1v) is 9.78. The standard InChI is InChI=1S/C19H21N5O2S.ClH/c1-5-13-12(3)20-19(22-17(13)25)24-16(10-11(2)23-24)21-18(26)14-8-6-7-9-15(14)27-4;/h6-10H,5H2,1-4H3,(H,21,26)(H,20,22,25);1H. The van der Waals surface area contributed by atoms with Gasteiger partial charge in [-0.2, -0.15) is 9.78 Å². The lowest BCUT2D eigenvalue weighted by Crippen LogP contribution is -2.22. The Labute approximate surface area is 173 Å². The van der Waals surface area contributed by atoms with Gasteiger partial charge in [0.05, 0.1) is 11.3 Å². The largest absolute Gasteiger partial charge is 0.306 e. The van der Waals surface area contributed by atoms with Crippen molar-refractivity contribution in [3.05, 3.63) is 63.2 Å². The number of aromatic nitrogens is 4. The SMILES string of the molecule is CCc1c(C)nc(-n2nc(C)cc2NC(=O)c2ccccc2SC)[nH]c1=O.Cl. The molecule has 3 aromatic rings. The van der Waals surface area contributed by atoms with Crippen LogP contribution >= 0.6 is 24.2 Å². The molecule has 0 atom stereocenters. The van der Waals surface area contributed by atoms with E-state index < -0.39 is 0 Å². The zero-order valence-electron chi connectivity index (χ0n) is 16.1. The summed E-state index contributed by atoms with van der Waals surface area (Å²) in [4.78, 5) is 33.1. The number of thioether (sulfide) groups is 1. The van der Waals surface area contributed by atoms with Gasteiger partial charge in [0.25, 0.3) is 11.5 Å². The van der Waals surface area contributed by atoms with Crippen LogP contribution < -0.4 is 10.9 Å². The van der Waals surface area contributed by atoms with Crippen molar-refractivity contribution in [2.45, 2.75) is 32.1 Å². The number of rotatable bonds is 5. The molecule has 2 N–H and O–H groups in total. The van der Waals surface area contributed by atoms with E-state index in [2.05, 4.69) is 20.4 Å². The van der Waals surface area contributed by atoms with Crippen molar-refractivity contribution in [2.75, 3.05) is 11.6 Å². The first kappa shape index (κ1) is 21.7. The van der Waals surface area contributed by atoms with Gasteiger partial charge in [0.2, 0.25) is 5.95 Å². The third-order valence-corrected chi connectivity index (χ3v) is 4.98. The number of H-pyrrole nitrogens is 1. The van der Waals surface area contributed by atoms with Crippen LogP contribution in [0.5, 0.6) is 0 Å². The molecule has 2 aromatic heterocycles. The molecule has 1 aromatic carbocycles. The van der Waals surface area contributed by atoms with Crippen LogP contribution in [0.15, 0.2) is 40.0 Å². The maximum absolute atomic E-state index is 12.8. The van der Waals surface area contributed by atoms with Gasteiger partial charge in [-0.3, -0.25) is 14.6 Å². The van der Waals surface area contributed by atoms with Crippen molar-refractivity contribution in [3.63, 3.8) is 0 Å². The summed E-state index contributed by atoms with van der Waals surface area (Å²) in [6.45, 7) is 5.51. The number of halogens is 1. The molecule has 0 radical (unpaired) electrons. The average Bonchev–Trinajstić information content (AvgIpc) is 3.01. The fraction of sp³-hybridized carbons (Fsp3) is 0.263. The molecule has 0 unspecified atom stereocenters. The van der Waals surface area contributed by atoms with E-state index in [0.717, 1.165) is 4.90 Å². The maximum Gasteiger partial charge on any atom is 0.257 e. The topological polar surface area (TPSA) is 92.7 Å².